The average Bonchev–Trinajstić information content (AvgIpc) is 3.18. The molecule has 0 saturated carbocycles. The molecule has 0 spiro atoms. The Morgan fingerprint density at radius 1 is 1.20 bits per heavy atom. The van der Waals surface area contributed by atoms with Gasteiger partial charge in [0, 0.05) is 39.4 Å². The second-order valence-electron chi connectivity index (χ2n) is 8.09. The van der Waals surface area contributed by atoms with Gasteiger partial charge in [-0.05, 0) is 64.9 Å². The Morgan fingerprint density at radius 3 is 2.57 bits per heavy atom. The number of benzene rings is 2. The highest BCUT2D eigenvalue weighted by atomic mass is 127. The quantitative estimate of drug-likeness (QED) is 0.415. The van der Waals surface area contributed by atoms with Crippen molar-refractivity contribution in [3.63, 3.8) is 0 Å². The van der Waals surface area contributed by atoms with Gasteiger partial charge in [-0.3, -0.25) is 14.5 Å². The van der Waals surface area contributed by atoms with E-state index in [1.54, 1.807) is 36.5 Å². The first kappa shape index (κ1) is 24.9. The predicted molar refractivity (Wildman–Crippen MR) is 139 cm³/mol. The summed E-state index contributed by atoms with van der Waals surface area (Å²) in [6.45, 7) is 2.15. The second kappa shape index (κ2) is 10.6. The lowest BCUT2D eigenvalue weighted by atomic mass is 9.93. The van der Waals surface area contributed by atoms with Crippen molar-refractivity contribution >= 4 is 40.2 Å². The summed E-state index contributed by atoms with van der Waals surface area (Å²) in [6, 6.07) is 12.6. The van der Waals surface area contributed by atoms with Gasteiger partial charge in [0.2, 0.25) is 0 Å². The summed E-state index contributed by atoms with van der Waals surface area (Å²) in [5.74, 6) is -0.866. The smallest absolute Gasteiger partial charge is 0.251 e. The zero-order chi connectivity index (χ0) is 25.1. The average molecular weight is 589 g/mol. The fourth-order valence-corrected chi connectivity index (χ4v) is 5.20. The summed E-state index contributed by atoms with van der Waals surface area (Å²) >= 11 is 2.03. The van der Waals surface area contributed by atoms with E-state index in [1.165, 1.54) is 25.2 Å². The van der Waals surface area contributed by atoms with E-state index in [1.807, 2.05) is 41.6 Å². The summed E-state index contributed by atoms with van der Waals surface area (Å²) in [7, 11) is 2.95. The Labute approximate surface area is 216 Å². The summed E-state index contributed by atoms with van der Waals surface area (Å²) in [5, 5.41) is 2.85. The van der Waals surface area contributed by atoms with Crippen LogP contribution in [0, 0.1) is 9.39 Å². The molecule has 2 aromatic carbocycles. The molecule has 1 aliphatic rings. The van der Waals surface area contributed by atoms with Gasteiger partial charge in [0.15, 0.2) is 11.6 Å². The van der Waals surface area contributed by atoms with Gasteiger partial charge in [0.1, 0.15) is 17.6 Å². The maximum absolute atomic E-state index is 15.3. The summed E-state index contributed by atoms with van der Waals surface area (Å²) in [6.07, 6.45) is 2.40. The van der Waals surface area contributed by atoms with Gasteiger partial charge in [-0.25, -0.2) is 9.37 Å². The molecule has 7 nitrogen and oxygen atoms in total. The number of rotatable bonds is 7. The molecule has 0 aliphatic carbocycles. The Balaban J connectivity index is 1.74. The van der Waals surface area contributed by atoms with Crippen molar-refractivity contribution < 1.29 is 23.5 Å². The normalized spacial score (nSPS) is 17.4. The number of aromatic nitrogens is 1. The topological polar surface area (TPSA) is 80.8 Å². The Hall–Kier alpha value is -3.21. The van der Waals surface area contributed by atoms with E-state index in [0.29, 0.717) is 32.0 Å². The van der Waals surface area contributed by atoms with Crippen LogP contribution in [0.4, 0.5) is 10.2 Å². The highest BCUT2D eigenvalue weighted by molar-refractivity contribution is 14.1. The van der Waals surface area contributed by atoms with Crippen molar-refractivity contribution in [2.75, 3.05) is 25.7 Å². The van der Waals surface area contributed by atoms with Crippen LogP contribution in [-0.2, 0) is 11.2 Å². The molecule has 2 amide bonds. The van der Waals surface area contributed by atoms with E-state index in [-0.39, 0.29) is 6.54 Å². The third-order valence-corrected chi connectivity index (χ3v) is 7.00. The largest absolute Gasteiger partial charge is 0.497 e. The number of ether oxygens (including phenoxy) is 2. The number of carbonyl (C=O) groups excluding carboxylic acids is 2. The van der Waals surface area contributed by atoms with Crippen LogP contribution < -0.4 is 19.7 Å². The molecule has 9 heteroatoms. The number of aryl methyl sites for hydroxylation is 1. The van der Waals surface area contributed by atoms with Crippen LogP contribution >= 0.6 is 22.6 Å². The van der Waals surface area contributed by atoms with Crippen LogP contribution in [0.1, 0.15) is 34.3 Å². The number of nitrogens with zero attached hydrogens (tertiary/aromatic N) is 2. The molecule has 0 bridgehead atoms. The fraction of sp³-hybridized carbons (Fsp3) is 0.269. The molecule has 1 saturated heterocycles. The van der Waals surface area contributed by atoms with Crippen LogP contribution in [0.15, 0.2) is 54.7 Å². The van der Waals surface area contributed by atoms with E-state index < -0.39 is 29.6 Å². The minimum absolute atomic E-state index is 0.116. The zero-order valence-electron chi connectivity index (χ0n) is 19.5. The molecule has 1 N–H and O–H groups in total. The van der Waals surface area contributed by atoms with Crippen molar-refractivity contribution in [2.45, 2.75) is 25.3 Å². The van der Waals surface area contributed by atoms with E-state index in [9.17, 15) is 9.59 Å². The summed E-state index contributed by atoms with van der Waals surface area (Å²) in [5.41, 5.74) is 1.86. The van der Waals surface area contributed by atoms with Gasteiger partial charge in [-0.15, -0.1) is 0 Å². The van der Waals surface area contributed by atoms with Crippen molar-refractivity contribution in [1.29, 1.82) is 0 Å². The molecule has 1 fully saturated rings. The van der Waals surface area contributed by atoms with Gasteiger partial charge < -0.3 is 14.8 Å². The van der Waals surface area contributed by atoms with Crippen LogP contribution in [0.2, 0.25) is 0 Å². The first-order chi connectivity index (χ1) is 16.9. The number of hydrogen-bond acceptors (Lipinski definition) is 5. The zero-order valence-corrected chi connectivity index (χ0v) is 21.7. The van der Waals surface area contributed by atoms with Crippen molar-refractivity contribution in [1.82, 2.24) is 10.3 Å². The van der Waals surface area contributed by atoms with Crippen molar-refractivity contribution in [2.24, 2.45) is 0 Å². The van der Waals surface area contributed by atoms with E-state index >= 15 is 4.39 Å². The molecule has 4 rings (SSSR count). The van der Waals surface area contributed by atoms with Crippen LogP contribution in [0.3, 0.4) is 0 Å². The molecule has 182 valence electrons. The lowest BCUT2D eigenvalue weighted by molar-refractivity contribution is -0.118. The standard InChI is InChI=1S/C26H25FIN3O4/c1-4-15-7-9-16(10-8-15)25(32)30-23-18(22-19(27)12-17(34-2)13-20(22)28)14-31(26(23)33)24-21(35-3)6-5-11-29-24/h5-13,18,23H,4,14H2,1-3H3,(H,30,32)/t18-,23-/m0/s1. The van der Waals surface area contributed by atoms with Gasteiger partial charge in [-0.2, -0.15) is 0 Å². The number of methoxy groups -OCH3 is 2. The highest BCUT2D eigenvalue weighted by Gasteiger charge is 2.46. The molecule has 3 aromatic rings. The molecule has 0 unspecified atom stereocenters. The highest BCUT2D eigenvalue weighted by Crippen LogP contribution is 2.39. The third kappa shape index (κ3) is 4.95. The van der Waals surface area contributed by atoms with E-state index in [4.69, 9.17) is 9.47 Å². The molecular formula is C26H25FIN3O4. The second-order valence-corrected chi connectivity index (χ2v) is 9.25. The molecule has 2 heterocycles. The van der Waals surface area contributed by atoms with Gasteiger partial charge in [-0.1, -0.05) is 19.1 Å². The number of hydrogen-bond donors (Lipinski definition) is 1. The Bertz CT molecular complexity index is 1230. The Morgan fingerprint density at radius 2 is 1.94 bits per heavy atom. The molecular weight excluding hydrogens is 564 g/mol. The molecule has 1 aromatic heterocycles. The predicted octanol–water partition coefficient (Wildman–Crippen LogP) is 4.33. The van der Waals surface area contributed by atoms with Gasteiger partial charge in [0.05, 0.1) is 14.2 Å². The van der Waals surface area contributed by atoms with Crippen LogP contribution in [0.25, 0.3) is 0 Å². The molecule has 35 heavy (non-hydrogen) atoms. The number of carbonyl (C=O) groups is 2. The summed E-state index contributed by atoms with van der Waals surface area (Å²) < 4.78 is 26.5. The fourth-order valence-electron chi connectivity index (χ4n) is 4.24. The molecule has 2 atom stereocenters. The maximum Gasteiger partial charge on any atom is 0.251 e. The molecule has 1 aliphatic heterocycles. The lowest BCUT2D eigenvalue weighted by Crippen LogP contribution is -2.44. The maximum atomic E-state index is 15.3. The van der Waals surface area contributed by atoms with Crippen molar-refractivity contribution in [3.8, 4) is 11.5 Å². The number of nitrogens with one attached hydrogen (secondary N) is 1. The number of anilines is 1. The third-order valence-electron chi connectivity index (χ3n) is 6.11. The Kier molecular flexibility index (Phi) is 7.54. The van der Waals surface area contributed by atoms with Crippen LogP contribution in [-0.4, -0.2) is 43.6 Å². The van der Waals surface area contributed by atoms with Crippen LogP contribution in [0.5, 0.6) is 11.5 Å². The number of pyridine rings is 1. The van der Waals surface area contributed by atoms with E-state index in [0.717, 1.165) is 12.0 Å². The minimum Gasteiger partial charge on any atom is -0.497 e. The first-order valence-corrected chi connectivity index (χ1v) is 12.2. The first-order valence-electron chi connectivity index (χ1n) is 11.1. The lowest BCUT2D eigenvalue weighted by Gasteiger charge is -2.21. The van der Waals surface area contributed by atoms with Gasteiger partial charge in [0.25, 0.3) is 11.8 Å². The summed E-state index contributed by atoms with van der Waals surface area (Å²) in [4.78, 5) is 32.5. The van der Waals surface area contributed by atoms with Crippen molar-refractivity contribution in [3.05, 3.63) is 80.8 Å². The SMILES string of the molecule is CCc1ccc(C(=O)N[C@@H]2C(=O)N(c3ncccc3OC)C[C@H]2c2c(F)cc(OC)cc2I)cc1. The number of halogens is 2. The molecule has 0 radical (unpaired) electrons. The minimum atomic E-state index is -1.00. The monoisotopic (exact) mass is 589 g/mol. The van der Waals surface area contributed by atoms with E-state index in [2.05, 4.69) is 10.3 Å². The number of amides is 2. The van der Waals surface area contributed by atoms with Gasteiger partial charge >= 0.3 is 0 Å².